The average molecular weight is 390 g/mol. The second-order valence-electron chi connectivity index (χ2n) is 7.22. The first kappa shape index (κ1) is 18.5. The molecule has 0 N–H and O–H groups in total. The lowest BCUT2D eigenvalue weighted by Gasteiger charge is -2.41. The van der Waals surface area contributed by atoms with Crippen molar-refractivity contribution in [3.05, 3.63) is 35.1 Å². The third-order valence-corrected chi connectivity index (χ3v) is 6.19. The number of nitrogens with zero attached hydrogens (tertiary/aromatic N) is 2. The fourth-order valence-corrected chi connectivity index (χ4v) is 5.05. The number of carbonyl (C=O) groups excluding carboxylic acids is 4. The molecule has 28 heavy (non-hydrogen) atoms. The molecule has 9 heteroatoms. The number of carbonyl (C=O) groups is 4. The number of benzene rings is 1. The van der Waals surface area contributed by atoms with Gasteiger partial charge < -0.3 is 9.47 Å². The van der Waals surface area contributed by atoms with Gasteiger partial charge in [0.1, 0.15) is 5.82 Å². The second kappa shape index (κ2) is 6.10. The molecule has 148 valence electrons. The van der Waals surface area contributed by atoms with Gasteiger partial charge in [0.2, 0.25) is 17.4 Å². The van der Waals surface area contributed by atoms with E-state index in [2.05, 4.69) is 0 Å². The standard InChI is InChI=1S/C19H19FN2O6/c1-21-15(23)12-13(16(21)24)19(17(25)27-2,18(26)28-3)22-7-6-9-4-5-10(20)8-11(9)14(12)22/h4-5,8,12-14H,6-7H2,1-3H3/t12-,13-,14?/m1/s1. The Morgan fingerprint density at radius 3 is 2.39 bits per heavy atom. The minimum atomic E-state index is -2.10. The molecule has 0 aliphatic carbocycles. The van der Waals surface area contributed by atoms with E-state index in [-0.39, 0.29) is 6.54 Å². The number of ether oxygens (including phenoxy) is 2. The molecule has 3 heterocycles. The van der Waals surface area contributed by atoms with Crippen molar-refractivity contribution in [3.63, 3.8) is 0 Å². The van der Waals surface area contributed by atoms with Crippen molar-refractivity contribution < 1.29 is 33.0 Å². The molecule has 0 aromatic heterocycles. The normalized spacial score (nSPS) is 27.9. The van der Waals surface area contributed by atoms with Gasteiger partial charge in [0.15, 0.2) is 0 Å². The molecule has 0 bridgehead atoms. The molecule has 2 amide bonds. The van der Waals surface area contributed by atoms with Crippen molar-refractivity contribution in [2.24, 2.45) is 11.8 Å². The molecular weight excluding hydrogens is 371 g/mol. The predicted molar refractivity (Wildman–Crippen MR) is 91.1 cm³/mol. The molecular formula is C19H19FN2O6. The van der Waals surface area contributed by atoms with Crippen LogP contribution < -0.4 is 0 Å². The van der Waals surface area contributed by atoms with Gasteiger partial charge in [0.25, 0.3) is 0 Å². The summed E-state index contributed by atoms with van der Waals surface area (Å²) in [6.07, 6.45) is 0.416. The average Bonchev–Trinajstić information content (AvgIpc) is 3.13. The van der Waals surface area contributed by atoms with Crippen molar-refractivity contribution in [2.75, 3.05) is 27.8 Å². The summed E-state index contributed by atoms with van der Waals surface area (Å²) in [5.41, 5.74) is -0.797. The molecule has 1 aromatic carbocycles. The van der Waals surface area contributed by atoms with Crippen LogP contribution in [0.4, 0.5) is 4.39 Å². The molecule has 3 aliphatic heterocycles. The predicted octanol–water partition coefficient (Wildman–Crippen LogP) is 0.0543. The number of hydrogen-bond acceptors (Lipinski definition) is 7. The van der Waals surface area contributed by atoms with Crippen LogP contribution in [-0.4, -0.2) is 66.9 Å². The van der Waals surface area contributed by atoms with Gasteiger partial charge in [-0.25, -0.2) is 14.0 Å². The van der Waals surface area contributed by atoms with Crippen LogP contribution in [0, 0.1) is 17.7 Å². The van der Waals surface area contributed by atoms with Crippen LogP contribution in [0.2, 0.25) is 0 Å². The summed E-state index contributed by atoms with van der Waals surface area (Å²) in [6.45, 7) is 0.213. The summed E-state index contributed by atoms with van der Waals surface area (Å²) in [5.74, 6) is -5.92. The summed E-state index contributed by atoms with van der Waals surface area (Å²) < 4.78 is 23.8. The Balaban J connectivity index is 2.02. The highest BCUT2D eigenvalue weighted by molar-refractivity contribution is 6.16. The van der Waals surface area contributed by atoms with E-state index in [9.17, 15) is 23.6 Å². The maximum absolute atomic E-state index is 14.0. The first-order valence-corrected chi connectivity index (χ1v) is 8.84. The van der Waals surface area contributed by atoms with Crippen molar-refractivity contribution in [2.45, 2.75) is 18.0 Å². The third-order valence-electron chi connectivity index (χ3n) is 6.19. The number of methoxy groups -OCH3 is 2. The van der Waals surface area contributed by atoms with Crippen molar-refractivity contribution >= 4 is 23.8 Å². The maximum atomic E-state index is 14.0. The van der Waals surface area contributed by atoms with E-state index in [0.717, 1.165) is 24.7 Å². The quantitative estimate of drug-likeness (QED) is 0.400. The molecule has 3 atom stereocenters. The Morgan fingerprint density at radius 1 is 1.14 bits per heavy atom. The lowest BCUT2D eigenvalue weighted by Crippen LogP contribution is -2.64. The molecule has 2 saturated heterocycles. The van der Waals surface area contributed by atoms with Gasteiger partial charge in [-0.05, 0) is 29.7 Å². The Bertz CT molecular complexity index is 900. The zero-order valence-corrected chi connectivity index (χ0v) is 15.6. The molecule has 1 unspecified atom stereocenters. The second-order valence-corrected chi connectivity index (χ2v) is 7.22. The van der Waals surface area contributed by atoms with Crippen LogP contribution >= 0.6 is 0 Å². The molecule has 4 rings (SSSR count). The first-order chi connectivity index (χ1) is 13.3. The topological polar surface area (TPSA) is 93.2 Å². The molecule has 0 spiro atoms. The van der Waals surface area contributed by atoms with E-state index in [1.165, 1.54) is 24.1 Å². The van der Waals surface area contributed by atoms with E-state index < -0.39 is 53.0 Å². The maximum Gasteiger partial charge on any atom is 0.338 e. The van der Waals surface area contributed by atoms with Crippen molar-refractivity contribution in [1.82, 2.24) is 9.80 Å². The highest BCUT2D eigenvalue weighted by Gasteiger charge is 2.76. The number of imide groups is 1. The van der Waals surface area contributed by atoms with E-state index in [1.807, 2.05) is 0 Å². The first-order valence-electron chi connectivity index (χ1n) is 8.84. The van der Waals surface area contributed by atoms with Crippen molar-refractivity contribution in [1.29, 1.82) is 0 Å². The Labute approximate surface area is 160 Å². The number of hydrogen-bond donors (Lipinski definition) is 0. The summed E-state index contributed by atoms with van der Waals surface area (Å²) in [5, 5.41) is 0. The van der Waals surface area contributed by atoms with Gasteiger partial charge in [-0.2, -0.15) is 0 Å². The summed E-state index contributed by atoms with van der Waals surface area (Å²) in [6, 6.07) is 3.43. The van der Waals surface area contributed by atoms with E-state index in [4.69, 9.17) is 9.47 Å². The number of amides is 2. The van der Waals surface area contributed by atoms with E-state index in [1.54, 1.807) is 6.07 Å². The largest absolute Gasteiger partial charge is 0.467 e. The van der Waals surface area contributed by atoms with E-state index >= 15 is 0 Å². The monoisotopic (exact) mass is 390 g/mol. The minimum Gasteiger partial charge on any atom is -0.467 e. The van der Waals surface area contributed by atoms with Crippen LogP contribution in [-0.2, 0) is 35.1 Å². The van der Waals surface area contributed by atoms with Gasteiger partial charge in [-0.15, -0.1) is 0 Å². The highest BCUT2D eigenvalue weighted by atomic mass is 19.1. The zero-order chi connectivity index (χ0) is 20.4. The van der Waals surface area contributed by atoms with E-state index in [0.29, 0.717) is 12.0 Å². The molecule has 2 fully saturated rings. The van der Waals surface area contributed by atoms with Gasteiger partial charge in [-0.3, -0.25) is 19.4 Å². The molecule has 3 aliphatic rings. The van der Waals surface area contributed by atoms with Crippen LogP contribution in [0.3, 0.4) is 0 Å². The third kappa shape index (κ3) is 2.02. The fraction of sp³-hybridized carbons (Fsp3) is 0.474. The Morgan fingerprint density at radius 2 is 1.79 bits per heavy atom. The van der Waals surface area contributed by atoms with Crippen LogP contribution in [0.25, 0.3) is 0 Å². The molecule has 8 nitrogen and oxygen atoms in total. The summed E-state index contributed by atoms with van der Waals surface area (Å²) in [4.78, 5) is 54.2. The number of esters is 2. The van der Waals surface area contributed by atoms with Gasteiger partial charge in [-0.1, -0.05) is 6.07 Å². The molecule has 1 aromatic rings. The molecule has 0 radical (unpaired) electrons. The smallest absolute Gasteiger partial charge is 0.338 e. The zero-order valence-electron chi connectivity index (χ0n) is 15.6. The number of halogens is 1. The highest BCUT2D eigenvalue weighted by Crippen LogP contribution is 2.57. The van der Waals surface area contributed by atoms with Crippen LogP contribution in [0.5, 0.6) is 0 Å². The Kier molecular flexibility index (Phi) is 4.04. The van der Waals surface area contributed by atoms with Gasteiger partial charge in [0.05, 0.1) is 26.1 Å². The summed E-state index contributed by atoms with van der Waals surface area (Å²) in [7, 11) is 3.53. The Hall–Kier alpha value is -2.81. The molecule has 0 saturated carbocycles. The summed E-state index contributed by atoms with van der Waals surface area (Å²) >= 11 is 0. The lowest BCUT2D eigenvalue weighted by molar-refractivity contribution is -0.177. The van der Waals surface area contributed by atoms with Crippen molar-refractivity contribution in [3.8, 4) is 0 Å². The van der Waals surface area contributed by atoms with Gasteiger partial charge >= 0.3 is 11.9 Å². The van der Waals surface area contributed by atoms with Crippen LogP contribution in [0.15, 0.2) is 18.2 Å². The fourth-order valence-electron chi connectivity index (χ4n) is 5.05. The van der Waals surface area contributed by atoms with Crippen LogP contribution in [0.1, 0.15) is 17.2 Å². The number of rotatable bonds is 2. The lowest BCUT2D eigenvalue weighted by atomic mass is 9.79. The number of fused-ring (bicyclic) bond motifs is 5. The SMILES string of the molecule is COC(=O)C1(C(=O)OC)[C@H]2C(=O)N(C)C(=O)[C@H]2C2c3cc(F)ccc3CCN21. The van der Waals surface area contributed by atoms with Gasteiger partial charge in [0, 0.05) is 19.6 Å². The number of likely N-dealkylation sites (tertiary alicyclic amines) is 1. The minimum absolute atomic E-state index is 0.213.